The van der Waals surface area contributed by atoms with Crippen LogP contribution in [0.15, 0.2) is 41.7 Å². The van der Waals surface area contributed by atoms with Crippen LogP contribution < -0.4 is 5.32 Å². The van der Waals surface area contributed by atoms with Crippen molar-refractivity contribution in [2.45, 2.75) is 11.4 Å². The van der Waals surface area contributed by atoms with E-state index in [2.05, 4.69) is 49.7 Å². The molecule has 0 fully saturated rings. The van der Waals surface area contributed by atoms with Gasteiger partial charge in [-0.05, 0) is 18.2 Å². The second kappa shape index (κ2) is 5.92. The molecule has 0 unspecified atom stereocenters. The lowest BCUT2D eigenvalue weighted by Crippen LogP contribution is -2.07. The monoisotopic (exact) mass is 285 g/mol. The molecule has 2 N–H and O–H groups in total. The minimum Gasteiger partial charge on any atom is -0.369 e. The number of aromatic amines is 1. The first kappa shape index (κ1) is 12.9. The Kier molecular flexibility index (Phi) is 3.83. The Bertz CT molecular complexity index is 695. The molecule has 3 rings (SSSR count). The molecule has 0 aliphatic heterocycles. The normalized spacial score (nSPS) is 10.8. The average Bonchev–Trinajstić information content (AvgIpc) is 2.92. The van der Waals surface area contributed by atoms with Crippen LogP contribution in [-0.2, 0) is 6.42 Å². The van der Waals surface area contributed by atoms with Gasteiger partial charge < -0.3 is 5.32 Å². The van der Waals surface area contributed by atoms with Gasteiger partial charge in [0.1, 0.15) is 17.2 Å². The second-order valence-electron chi connectivity index (χ2n) is 4.34. The molecule has 0 saturated heterocycles. The lowest BCUT2D eigenvalue weighted by Gasteiger charge is -2.06. The maximum atomic E-state index is 4.32. The lowest BCUT2D eigenvalue weighted by atomic mass is 10.1. The summed E-state index contributed by atoms with van der Waals surface area (Å²) < 4.78 is 0. The first-order valence-electron chi connectivity index (χ1n) is 6.39. The first-order chi connectivity index (χ1) is 9.88. The molecule has 0 radical (unpaired) electrons. The Labute approximate surface area is 121 Å². The summed E-state index contributed by atoms with van der Waals surface area (Å²) in [6, 6.07) is 10.4. The molecular weight excluding hydrogens is 270 g/mol. The van der Waals surface area contributed by atoms with E-state index in [0.29, 0.717) is 0 Å². The molecule has 0 amide bonds. The smallest absolute Gasteiger partial charge is 0.161 e. The topological polar surface area (TPSA) is 66.5 Å². The highest BCUT2D eigenvalue weighted by atomic mass is 32.2. The van der Waals surface area contributed by atoms with Crippen molar-refractivity contribution >= 4 is 28.6 Å². The van der Waals surface area contributed by atoms with Crippen LogP contribution in [0.5, 0.6) is 0 Å². The highest BCUT2D eigenvalue weighted by Gasteiger charge is 2.11. The van der Waals surface area contributed by atoms with Crippen LogP contribution in [-0.4, -0.2) is 33.0 Å². The van der Waals surface area contributed by atoms with Gasteiger partial charge in [-0.1, -0.05) is 30.3 Å². The van der Waals surface area contributed by atoms with E-state index in [4.69, 9.17) is 0 Å². The van der Waals surface area contributed by atoms with E-state index in [1.165, 1.54) is 5.56 Å². The molecule has 2 heterocycles. The van der Waals surface area contributed by atoms with Crippen LogP contribution in [0.25, 0.3) is 11.0 Å². The molecule has 6 heteroatoms. The number of hydrogen-bond acceptors (Lipinski definition) is 5. The summed E-state index contributed by atoms with van der Waals surface area (Å²) >= 11 is 1.59. The third-order valence-corrected chi connectivity index (χ3v) is 3.75. The van der Waals surface area contributed by atoms with Crippen LogP contribution in [0, 0.1) is 0 Å². The zero-order valence-electron chi connectivity index (χ0n) is 11.1. The third kappa shape index (κ3) is 2.60. The van der Waals surface area contributed by atoms with Gasteiger partial charge in [-0.25, -0.2) is 9.97 Å². The van der Waals surface area contributed by atoms with Gasteiger partial charge in [-0.15, -0.1) is 11.8 Å². The third-order valence-electron chi connectivity index (χ3n) is 3.07. The number of benzene rings is 1. The number of aromatic nitrogens is 4. The highest BCUT2D eigenvalue weighted by molar-refractivity contribution is 7.98. The lowest BCUT2D eigenvalue weighted by molar-refractivity contribution is 1.01. The van der Waals surface area contributed by atoms with Gasteiger partial charge in [-0.2, -0.15) is 5.10 Å². The van der Waals surface area contributed by atoms with Crippen LogP contribution >= 0.6 is 11.8 Å². The highest BCUT2D eigenvalue weighted by Crippen LogP contribution is 2.27. The summed E-state index contributed by atoms with van der Waals surface area (Å²) in [5.41, 5.74) is 2.08. The van der Waals surface area contributed by atoms with Crippen molar-refractivity contribution in [3.05, 3.63) is 42.2 Å². The molecule has 1 aromatic carbocycles. The molecule has 0 aliphatic rings. The Morgan fingerprint density at radius 1 is 1.20 bits per heavy atom. The molecule has 0 atom stereocenters. The molecule has 2 aromatic heterocycles. The number of hydrogen-bond donors (Lipinski definition) is 2. The van der Waals surface area contributed by atoms with E-state index in [9.17, 15) is 0 Å². The van der Waals surface area contributed by atoms with Crippen molar-refractivity contribution in [2.75, 3.05) is 18.1 Å². The fourth-order valence-electron chi connectivity index (χ4n) is 2.08. The molecule has 102 valence electrons. The van der Waals surface area contributed by atoms with Crippen LogP contribution in [0.2, 0.25) is 0 Å². The Morgan fingerprint density at radius 3 is 2.85 bits per heavy atom. The number of thioether (sulfide) groups is 1. The van der Waals surface area contributed by atoms with Crippen LogP contribution in [0.4, 0.5) is 5.82 Å². The summed E-state index contributed by atoms with van der Waals surface area (Å²) in [7, 11) is 0. The summed E-state index contributed by atoms with van der Waals surface area (Å²) in [4.78, 5) is 8.52. The van der Waals surface area contributed by atoms with Gasteiger partial charge in [0, 0.05) is 6.54 Å². The van der Waals surface area contributed by atoms with E-state index in [1.807, 2.05) is 12.3 Å². The number of rotatable bonds is 5. The van der Waals surface area contributed by atoms with Gasteiger partial charge in [0.15, 0.2) is 5.65 Å². The van der Waals surface area contributed by atoms with Crippen LogP contribution in [0.1, 0.15) is 5.56 Å². The Hall–Kier alpha value is -2.08. The van der Waals surface area contributed by atoms with Gasteiger partial charge in [0.25, 0.3) is 0 Å². The van der Waals surface area contributed by atoms with Crippen molar-refractivity contribution in [1.29, 1.82) is 0 Å². The maximum Gasteiger partial charge on any atom is 0.161 e. The van der Waals surface area contributed by atoms with Crippen LogP contribution in [0.3, 0.4) is 0 Å². The fourth-order valence-corrected chi connectivity index (χ4v) is 2.62. The summed E-state index contributed by atoms with van der Waals surface area (Å²) in [5, 5.41) is 12.4. The number of nitrogens with zero attached hydrogens (tertiary/aromatic N) is 3. The molecule has 0 spiro atoms. The van der Waals surface area contributed by atoms with Crippen molar-refractivity contribution in [1.82, 2.24) is 20.2 Å². The zero-order chi connectivity index (χ0) is 13.8. The summed E-state index contributed by atoms with van der Waals surface area (Å²) in [6.07, 6.45) is 4.50. The zero-order valence-corrected chi connectivity index (χ0v) is 11.9. The number of anilines is 1. The largest absolute Gasteiger partial charge is 0.369 e. The SMILES string of the molecule is CSc1n[nH]c2ncnc(NCCc3ccccc3)c12. The van der Waals surface area contributed by atoms with E-state index in [0.717, 1.165) is 34.8 Å². The van der Waals surface area contributed by atoms with E-state index in [-0.39, 0.29) is 0 Å². The quantitative estimate of drug-likeness (QED) is 0.706. The van der Waals surface area contributed by atoms with Crippen molar-refractivity contribution in [3.8, 4) is 0 Å². The molecule has 0 bridgehead atoms. The second-order valence-corrected chi connectivity index (χ2v) is 5.14. The summed E-state index contributed by atoms with van der Waals surface area (Å²) in [6.45, 7) is 0.828. The van der Waals surface area contributed by atoms with Crippen molar-refractivity contribution in [3.63, 3.8) is 0 Å². The first-order valence-corrected chi connectivity index (χ1v) is 7.62. The van der Waals surface area contributed by atoms with E-state index < -0.39 is 0 Å². The van der Waals surface area contributed by atoms with Crippen molar-refractivity contribution < 1.29 is 0 Å². The van der Waals surface area contributed by atoms with Gasteiger partial charge in [0.2, 0.25) is 0 Å². The molecule has 0 aliphatic carbocycles. The maximum absolute atomic E-state index is 4.32. The molecule has 20 heavy (non-hydrogen) atoms. The van der Waals surface area contributed by atoms with Crippen molar-refractivity contribution in [2.24, 2.45) is 0 Å². The summed E-state index contributed by atoms with van der Waals surface area (Å²) in [5.74, 6) is 0.837. The fraction of sp³-hybridized carbons (Fsp3) is 0.214. The van der Waals surface area contributed by atoms with Gasteiger partial charge in [0.05, 0.1) is 5.39 Å². The van der Waals surface area contributed by atoms with E-state index in [1.54, 1.807) is 18.1 Å². The minimum atomic E-state index is 0.770. The predicted molar refractivity (Wildman–Crippen MR) is 82.1 cm³/mol. The number of fused-ring (bicyclic) bond motifs is 1. The van der Waals surface area contributed by atoms with Gasteiger partial charge >= 0.3 is 0 Å². The Morgan fingerprint density at radius 2 is 2.05 bits per heavy atom. The number of H-pyrrole nitrogens is 1. The minimum absolute atomic E-state index is 0.770. The van der Waals surface area contributed by atoms with E-state index >= 15 is 0 Å². The predicted octanol–water partition coefficient (Wildman–Crippen LogP) is 2.73. The average molecular weight is 285 g/mol. The standard InChI is InChI=1S/C14H15N5S/c1-20-14-11-12(16-9-17-13(11)18-19-14)15-8-7-10-5-3-2-4-6-10/h2-6,9H,7-8H2,1H3,(H2,15,16,17,18,19). The molecular formula is C14H15N5S. The molecule has 3 aromatic rings. The Balaban J connectivity index is 1.76. The number of nitrogens with one attached hydrogen (secondary N) is 2. The molecule has 0 saturated carbocycles. The van der Waals surface area contributed by atoms with Gasteiger partial charge in [-0.3, -0.25) is 5.10 Å². The molecule has 5 nitrogen and oxygen atoms in total.